The van der Waals surface area contributed by atoms with Gasteiger partial charge in [-0.15, -0.1) is 0 Å². The Kier molecular flexibility index (Phi) is 3.99. The van der Waals surface area contributed by atoms with Crippen LogP contribution < -0.4 is 4.90 Å². The highest BCUT2D eigenvalue weighted by molar-refractivity contribution is 7.85. The van der Waals surface area contributed by atoms with Crippen molar-refractivity contribution in [2.75, 3.05) is 29.5 Å². The minimum atomic E-state index is -0.585. The van der Waals surface area contributed by atoms with E-state index in [4.69, 9.17) is 0 Å². The van der Waals surface area contributed by atoms with Gasteiger partial charge in [-0.1, -0.05) is 25.5 Å². The summed E-state index contributed by atoms with van der Waals surface area (Å²) in [4.78, 5) is 2.35. The normalized spacial score (nSPS) is 17.7. The molecule has 1 heterocycles. The zero-order valence-electron chi connectivity index (χ0n) is 9.82. The molecule has 1 aromatic rings. The molecule has 1 aliphatic rings. The van der Waals surface area contributed by atoms with Crippen molar-refractivity contribution in [3.8, 4) is 0 Å². The van der Waals surface area contributed by atoms with Gasteiger partial charge in [0.25, 0.3) is 0 Å². The van der Waals surface area contributed by atoms with Gasteiger partial charge in [0, 0.05) is 41.1 Å². The highest BCUT2D eigenvalue weighted by Gasteiger charge is 2.15. The van der Waals surface area contributed by atoms with Crippen LogP contribution in [0.1, 0.15) is 18.9 Å². The molecule has 0 aromatic heterocycles. The summed E-state index contributed by atoms with van der Waals surface area (Å²) in [5, 5.41) is 0. The number of hydrogen-bond donors (Lipinski definition) is 0. The van der Waals surface area contributed by atoms with E-state index in [1.165, 1.54) is 17.7 Å². The Morgan fingerprint density at radius 2 is 2.06 bits per heavy atom. The Morgan fingerprint density at radius 3 is 2.75 bits per heavy atom. The molecular formula is C13H19NOS. The number of rotatable bonds is 3. The van der Waals surface area contributed by atoms with Crippen molar-refractivity contribution in [2.24, 2.45) is 0 Å². The van der Waals surface area contributed by atoms with Crippen LogP contribution in [0.5, 0.6) is 0 Å². The predicted octanol–water partition coefficient (Wildman–Crippen LogP) is 2.21. The summed E-state index contributed by atoms with van der Waals surface area (Å²) in [6, 6.07) is 8.76. The molecule has 1 fully saturated rings. The molecule has 0 aliphatic carbocycles. The van der Waals surface area contributed by atoms with Gasteiger partial charge in [-0.25, -0.2) is 0 Å². The lowest BCUT2D eigenvalue weighted by atomic mass is 10.1. The summed E-state index contributed by atoms with van der Waals surface area (Å²) in [6.07, 6.45) is 2.33. The van der Waals surface area contributed by atoms with Crippen LogP contribution in [-0.2, 0) is 17.2 Å². The minimum absolute atomic E-state index is 0.585. The van der Waals surface area contributed by atoms with E-state index in [2.05, 4.69) is 36.1 Å². The molecule has 1 saturated heterocycles. The molecule has 88 valence electrons. The average Bonchev–Trinajstić information content (AvgIpc) is 2.31. The quantitative estimate of drug-likeness (QED) is 0.803. The Labute approximate surface area is 100 Å². The van der Waals surface area contributed by atoms with Crippen LogP contribution in [0.3, 0.4) is 0 Å². The molecule has 0 unspecified atom stereocenters. The zero-order chi connectivity index (χ0) is 11.4. The van der Waals surface area contributed by atoms with E-state index in [1.807, 2.05) is 0 Å². The van der Waals surface area contributed by atoms with Gasteiger partial charge in [0.15, 0.2) is 0 Å². The van der Waals surface area contributed by atoms with Crippen molar-refractivity contribution in [3.05, 3.63) is 29.8 Å². The standard InChI is InChI=1S/C13H19NOS/c1-2-4-12-5-3-6-13(11-12)14-7-9-16(15)10-8-14/h3,5-6,11H,2,4,7-10H2,1H3. The van der Waals surface area contributed by atoms with Crippen LogP contribution in [0.25, 0.3) is 0 Å². The maximum Gasteiger partial charge on any atom is 0.0411 e. The Morgan fingerprint density at radius 1 is 1.31 bits per heavy atom. The van der Waals surface area contributed by atoms with Crippen LogP contribution in [0.15, 0.2) is 24.3 Å². The third-order valence-corrected chi connectivity index (χ3v) is 4.27. The molecule has 0 N–H and O–H groups in total. The van der Waals surface area contributed by atoms with Crippen molar-refractivity contribution < 1.29 is 4.21 Å². The summed E-state index contributed by atoms with van der Waals surface area (Å²) in [7, 11) is -0.585. The van der Waals surface area contributed by atoms with Gasteiger partial charge in [-0.05, 0) is 24.1 Å². The third kappa shape index (κ3) is 2.85. The monoisotopic (exact) mass is 237 g/mol. The highest BCUT2D eigenvalue weighted by atomic mass is 32.2. The van der Waals surface area contributed by atoms with Gasteiger partial charge >= 0.3 is 0 Å². The first kappa shape index (κ1) is 11.6. The van der Waals surface area contributed by atoms with Gasteiger partial charge in [0.2, 0.25) is 0 Å². The van der Waals surface area contributed by atoms with Crippen LogP contribution in [-0.4, -0.2) is 28.8 Å². The Hall–Kier alpha value is -0.830. The molecule has 16 heavy (non-hydrogen) atoms. The molecule has 0 atom stereocenters. The summed E-state index contributed by atoms with van der Waals surface area (Å²) in [5.41, 5.74) is 2.70. The fourth-order valence-corrected chi connectivity index (χ4v) is 3.15. The summed E-state index contributed by atoms with van der Waals surface area (Å²) < 4.78 is 11.3. The van der Waals surface area contributed by atoms with Gasteiger partial charge in [0.05, 0.1) is 0 Å². The number of anilines is 1. The van der Waals surface area contributed by atoms with Crippen LogP contribution in [0.4, 0.5) is 5.69 Å². The van der Waals surface area contributed by atoms with Gasteiger partial charge in [-0.3, -0.25) is 4.21 Å². The molecular weight excluding hydrogens is 218 g/mol. The minimum Gasteiger partial charge on any atom is -0.370 e. The maximum atomic E-state index is 11.3. The van der Waals surface area contributed by atoms with E-state index < -0.39 is 10.8 Å². The molecule has 3 heteroatoms. The molecule has 1 aromatic carbocycles. The molecule has 0 bridgehead atoms. The van der Waals surface area contributed by atoms with Crippen molar-refractivity contribution >= 4 is 16.5 Å². The first-order valence-electron chi connectivity index (χ1n) is 5.98. The molecule has 0 saturated carbocycles. The van der Waals surface area contributed by atoms with Crippen molar-refractivity contribution in [2.45, 2.75) is 19.8 Å². The van der Waals surface area contributed by atoms with Crippen LogP contribution in [0.2, 0.25) is 0 Å². The zero-order valence-corrected chi connectivity index (χ0v) is 10.6. The Balaban J connectivity index is 2.08. The van der Waals surface area contributed by atoms with Gasteiger partial charge in [-0.2, -0.15) is 0 Å². The fourth-order valence-electron chi connectivity index (χ4n) is 2.09. The number of hydrogen-bond acceptors (Lipinski definition) is 2. The molecule has 2 rings (SSSR count). The average molecular weight is 237 g/mol. The van der Waals surface area contributed by atoms with E-state index in [0.29, 0.717) is 0 Å². The predicted molar refractivity (Wildman–Crippen MR) is 70.5 cm³/mol. The SMILES string of the molecule is CCCc1cccc(N2CCS(=O)CC2)c1. The van der Waals surface area contributed by atoms with E-state index in [1.54, 1.807) is 0 Å². The maximum absolute atomic E-state index is 11.3. The number of benzene rings is 1. The third-order valence-electron chi connectivity index (χ3n) is 2.99. The second kappa shape index (κ2) is 5.48. The van der Waals surface area contributed by atoms with Crippen LogP contribution >= 0.6 is 0 Å². The topological polar surface area (TPSA) is 20.3 Å². The fraction of sp³-hybridized carbons (Fsp3) is 0.538. The molecule has 0 spiro atoms. The first-order chi connectivity index (χ1) is 7.79. The lowest BCUT2D eigenvalue weighted by Crippen LogP contribution is -2.37. The van der Waals surface area contributed by atoms with E-state index in [-0.39, 0.29) is 0 Å². The second-order valence-electron chi connectivity index (χ2n) is 4.26. The van der Waals surface area contributed by atoms with Crippen LogP contribution in [0, 0.1) is 0 Å². The first-order valence-corrected chi connectivity index (χ1v) is 7.47. The van der Waals surface area contributed by atoms with Gasteiger partial charge in [0.1, 0.15) is 0 Å². The van der Waals surface area contributed by atoms with Crippen molar-refractivity contribution in [1.82, 2.24) is 0 Å². The Bertz CT molecular complexity index is 368. The largest absolute Gasteiger partial charge is 0.370 e. The summed E-state index contributed by atoms with van der Waals surface area (Å²) >= 11 is 0. The smallest absolute Gasteiger partial charge is 0.0411 e. The van der Waals surface area contributed by atoms with Crippen molar-refractivity contribution in [1.29, 1.82) is 0 Å². The lowest BCUT2D eigenvalue weighted by Gasteiger charge is -2.28. The molecule has 1 aliphatic heterocycles. The molecule has 0 amide bonds. The van der Waals surface area contributed by atoms with E-state index in [9.17, 15) is 4.21 Å². The lowest BCUT2D eigenvalue weighted by molar-refractivity contribution is 0.673. The van der Waals surface area contributed by atoms with Gasteiger partial charge < -0.3 is 4.90 Å². The second-order valence-corrected chi connectivity index (χ2v) is 5.95. The van der Waals surface area contributed by atoms with E-state index >= 15 is 0 Å². The summed E-state index contributed by atoms with van der Waals surface area (Å²) in [5.74, 6) is 1.63. The summed E-state index contributed by atoms with van der Waals surface area (Å²) in [6.45, 7) is 4.07. The number of nitrogens with zero attached hydrogens (tertiary/aromatic N) is 1. The highest BCUT2D eigenvalue weighted by Crippen LogP contribution is 2.18. The van der Waals surface area contributed by atoms with E-state index in [0.717, 1.165) is 31.0 Å². The molecule has 2 nitrogen and oxygen atoms in total. The number of aryl methyl sites for hydroxylation is 1. The van der Waals surface area contributed by atoms with Crippen molar-refractivity contribution in [3.63, 3.8) is 0 Å². The molecule has 0 radical (unpaired) electrons.